The van der Waals surface area contributed by atoms with E-state index in [4.69, 9.17) is 4.74 Å². The van der Waals surface area contributed by atoms with Crippen molar-refractivity contribution >= 4 is 27.5 Å². The molecule has 122 valence electrons. The van der Waals surface area contributed by atoms with Crippen LogP contribution in [0, 0.1) is 0 Å². The Morgan fingerprint density at radius 2 is 1.95 bits per heavy atom. The summed E-state index contributed by atoms with van der Waals surface area (Å²) in [6, 6.07) is 7.51. The maximum Gasteiger partial charge on any atom is 0.233 e. The van der Waals surface area contributed by atoms with Crippen LogP contribution in [0.3, 0.4) is 0 Å². The van der Waals surface area contributed by atoms with Gasteiger partial charge in [-0.25, -0.2) is 8.42 Å². The molecule has 1 saturated heterocycles. The van der Waals surface area contributed by atoms with E-state index in [0.717, 1.165) is 10.6 Å². The van der Waals surface area contributed by atoms with Crippen molar-refractivity contribution in [1.82, 2.24) is 4.90 Å². The summed E-state index contributed by atoms with van der Waals surface area (Å²) >= 11 is 1.45. The summed E-state index contributed by atoms with van der Waals surface area (Å²) in [5.74, 6) is 1.13. The molecule has 0 N–H and O–H groups in total. The Morgan fingerprint density at radius 3 is 2.50 bits per heavy atom. The van der Waals surface area contributed by atoms with E-state index >= 15 is 0 Å². The van der Waals surface area contributed by atoms with Gasteiger partial charge in [0, 0.05) is 11.4 Å². The van der Waals surface area contributed by atoms with Crippen LogP contribution >= 0.6 is 11.8 Å². The lowest BCUT2D eigenvalue weighted by atomic mass is 10.1. The van der Waals surface area contributed by atoms with Gasteiger partial charge in [0.15, 0.2) is 9.84 Å². The summed E-state index contributed by atoms with van der Waals surface area (Å²) in [7, 11) is -1.44. The molecule has 1 aromatic carbocycles. The zero-order valence-electron chi connectivity index (χ0n) is 13.0. The third kappa shape index (κ3) is 4.16. The highest BCUT2D eigenvalue weighted by atomic mass is 32.2. The molecule has 1 aliphatic rings. The summed E-state index contributed by atoms with van der Waals surface area (Å²) in [6.45, 7) is 3.89. The first-order chi connectivity index (χ1) is 10.2. The van der Waals surface area contributed by atoms with Crippen molar-refractivity contribution in [3.05, 3.63) is 24.3 Å². The molecule has 0 spiro atoms. The predicted molar refractivity (Wildman–Crippen MR) is 88.2 cm³/mol. The first kappa shape index (κ1) is 17.1. The summed E-state index contributed by atoms with van der Waals surface area (Å²) in [5, 5.41) is 0. The molecule has 0 aliphatic carbocycles. The summed E-state index contributed by atoms with van der Waals surface area (Å²) < 4.78 is 28.5. The lowest BCUT2D eigenvalue weighted by molar-refractivity contribution is -0.132. The molecular weight excluding hydrogens is 322 g/mol. The van der Waals surface area contributed by atoms with Gasteiger partial charge in [0.25, 0.3) is 0 Å². The van der Waals surface area contributed by atoms with Crippen LogP contribution in [0.25, 0.3) is 0 Å². The van der Waals surface area contributed by atoms with E-state index in [2.05, 4.69) is 0 Å². The molecule has 1 aromatic rings. The normalized spacial score (nSPS) is 19.7. The first-order valence-electron chi connectivity index (χ1n) is 7.01. The number of hydrogen-bond acceptors (Lipinski definition) is 5. The monoisotopic (exact) mass is 343 g/mol. The largest absolute Gasteiger partial charge is 0.497 e. The number of benzene rings is 1. The lowest BCUT2D eigenvalue weighted by Crippen LogP contribution is -2.58. The van der Waals surface area contributed by atoms with E-state index in [9.17, 15) is 13.2 Å². The molecule has 7 heteroatoms. The average Bonchev–Trinajstić information content (AvgIpc) is 2.43. The first-order valence-corrected chi connectivity index (χ1v) is 9.82. The van der Waals surface area contributed by atoms with Crippen molar-refractivity contribution in [2.24, 2.45) is 0 Å². The standard InChI is InChI=1S/C15H21NO4S2/c1-15(2)11-22(18,19)9-8-16(15)14(17)10-21-13-6-4-12(20-3)5-7-13/h4-7H,8-11H2,1-3H3. The number of ether oxygens (including phenoxy) is 1. The third-order valence-electron chi connectivity index (χ3n) is 3.65. The highest BCUT2D eigenvalue weighted by Gasteiger charge is 2.39. The molecule has 22 heavy (non-hydrogen) atoms. The number of rotatable bonds is 4. The second-order valence-corrected chi connectivity index (χ2v) is 9.15. The van der Waals surface area contributed by atoms with E-state index in [0.29, 0.717) is 5.75 Å². The minimum Gasteiger partial charge on any atom is -0.497 e. The molecule has 0 atom stereocenters. The highest BCUT2D eigenvalue weighted by molar-refractivity contribution is 8.00. The van der Waals surface area contributed by atoms with Crippen LogP contribution in [0.2, 0.25) is 0 Å². The average molecular weight is 343 g/mol. The van der Waals surface area contributed by atoms with Crippen LogP contribution in [-0.4, -0.2) is 55.7 Å². The smallest absolute Gasteiger partial charge is 0.233 e. The maximum absolute atomic E-state index is 12.4. The number of amides is 1. The highest BCUT2D eigenvalue weighted by Crippen LogP contribution is 2.26. The SMILES string of the molecule is COc1ccc(SCC(=O)N2CCS(=O)(=O)CC2(C)C)cc1. The lowest BCUT2D eigenvalue weighted by Gasteiger charge is -2.42. The molecule has 0 unspecified atom stereocenters. The molecule has 0 bridgehead atoms. The number of hydrogen-bond donors (Lipinski definition) is 0. The molecule has 1 heterocycles. The predicted octanol–water partition coefficient (Wildman–Crippen LogP) is 1.82. The molecular formula is C15H21NO4S2. The topological polar surface area (TPSA) is 63.7 Å². The molecule has 1 fully saturated rings. The van der Waals surface area contributed by atoms with Crippen LogP contribution in [0.4, 0.5) is 0 Å². The van der Waals surface area contributed by atoms with Gasteiger partial charge in [-0.1, -0.05) is 0 Å². The second kappa shape index (κ2) is 6.50. The van der Waals surface area contributed by atoms with Crippen molar-refractivity contribution < 1.29 is 17.9 Å². The third-order valence-corrected chi connectivity index (χ3v) is 6.60. The Hall–Kier alpha value is -1.21. The van der Waals surface area contributed by atoms with Gasteiger partial charge in [-0.3, -0.25) is 4.79 Å². The van der Waals surface area contributed by atoms with Gasteiger partial charge in [-0.2, -0.15) is 0 Å². The summed E-state index contributed by atoms with van der Waals surface area (Å²) in [6.07, 6.45) is 0. The van der Waals surface area contributed by atoms with Crippen LogP contribution in [0.5, 0.6) is 5.75 Å². The zero-order valence-corrected chi connectivity index (χ0v) is 14.7. The number of carbonyl (C=O) groups excluding carboxylic acids is 1. The molecule has 0 aromatic heterocycles. The van der Waals surface area contributed by atoms with E-state index < -0.39 is 15.4 Å². The Kier molecular flexibility index (Phi) is 5.07. The van der Waals surface area contributed by atoms with E-state index in [-0.39, 0.29) is 24.0 Å². The number of nitrogens with zero attached hydrogens (tertiary/aromatic N) is 1. The molecule has 1 aliphatic heterocycles. The van der Waals surface area contributed by atoms with Crippen molar-refractivity contribution in [3.8, 4) is 5.75 Å². The second-order valence-electron chi connectivity index (χ2n) is 5.91. The number of sulfone groups is 1. The number of thioether (sulfide) groups is 1. The van der Waals surface area contributed by atoms with Gasteiger partial charge < -0.3 is 9.64 Å². The van der Waals surface area contributed by atoms with Gasteiger partial charge in [0.1, 0.15) is 5.75 Å². The van der Waals surface area contributed by atoms with E-state index in [1.807, 2.05) is 24.3 Å². The fourth-order valence-electron chi connectivity index (χ4n) is 2.58. The Bertz CT molecular complexity index is 638. The summed E-state index contributed by atoms with van der Waals surface area (Å²) in [4.78, 5) is 15.1. The van der Waals surface area contributed by atoms with Crippen molar-refractivity contribution in [1.29, 1.82) is 0 Å². The quantitative estimate of drug-likeness (QED) is 0.781. The maximum atomic E-state index is 12.4. The van der Waals surface area contributed by atoms with Crippen LogP contribution < -0.4 is 4.74 Å². The van der Waals surface area contributed by atoms with Gasteiger partial charge in [0.2, 0.25) is 5.91 Å². The number of methoxy groups -OCH3 is 1. The minimum atomic E-state index is -3.05. The fraction of sp³-hybridized carbons (Fsp3) is 0.533. The minimum absolute atomic E-state index is 0.0267. The molecule has 5 nitrogen and oxygen atoms in total. The van der Waals surface area contributed by atoms with Crippen LogP contribution in [0.15, 0.2) is 29.2 Å². The van der Waals surface area contributed by atoms with Gasteiger partial charge in [-0.05, 0) is 38.1 Å². The van der Waals surface area contributed by atoms with Gasteiger partial charge >= 0.3 is 0 Å². The Balaban J connectivity index is 1.97. The molecule has 0 saturated carbocycles. The Labute approximate surface area is 135 Å². The van der Waals surface area contributed by atoms with E-state index in [1.54, 1.807) is 25.9 Å². The molecule has 2 rings (SSSR count). The summed E-state index contributed by atoms with van der Waals surface area (Å²) in [5.41, 5.74) is -0.644. The molecule has 0 radical (unpaired) electrons. The van der Waals surface area contributed by atoms with Crippen molar-refractivity contribution in [2.75, 3.05) is 30.9 Å². The fourth-order valence-corrected chi connectivity index (χ4v) is 5.19. The van der Waals surface area contributed by atoms with Crippen LogP contribution in [0.1, 0.15) is 13.8 Å². The van der Waals surface area contributed by atoms with Gasteiger partial charge in [0.05, 0.1) is 29.9 Å². The van der Waals surface area contributed by atoms with E-state index in [1.165, 1.54) is 11.8 Å². The number of carbonyl (C=O) groups is 1. The van der Waals surface area contributed by atoms with Crippen molar-refractivity contribution in [2.45, 2.75) is 24.3 Å². The van der Waals surface area contributed by atoms with Crippen LogP contribution in [-0.2, 0) is 14.6 Å². The zero-order chi connectivity index (χ0) is 16.4. The Morgan fingerprint density at radius 1 is 1.32 bits per heavy atom. The van der Waals surface area contributed by atoms with Gasteiger partial charge in [-0.15, -0.1) is 11.8 Å². The molecule has 1 amide bonds. The van der Waals surface area contributed by atoms with Crippen molar-refractivity contribution in [3.63, 3.8) is 0 Å².